The minimum Gasteiger partial charge on any atom is -0.481 e. The first kappa shape index (κ1) is 11.7. The Hall–Kier alpha value is -0.820. The molecule has 88 valence electrons. The molecule has 2 rings (SSSR count). The fraction of sp³-hybridized carbons (Fsp3) is 0.667. The van der Waals surface area contributed by atoms with Crippen LogP contribution in [-0.4, -0.2) is 40.1 Å². The summed E-state index contributed by atoms with van der Waals surface area (Å²) in [5.41, 5.74) is 0. The summed E-state index contributed by atoms with van der Waals surface area (Å²) in [7, 11) is 0. The number of aromatic nitrogens is 2. The van der Waals surface area contributed by atoms with E-state index in [9.17, 15) is 4.79 Å². The number of nitrogens with zero attached hydrogens (tertiary/aromatic N) is 3. The fourth-order valence-corrected chi connectivity index (χ4v) is 3.21. The molecule has 1 fully saturated rings. The second-order valence-corrected chi connectivity index (χ2v) is 5.76. The summed E-state index contributed by atoms with van der Waals surface area (Å²) in [6.07, 6.45) is 3.70. The van der Waals surface area contributed by atoms with Crippen LogP contribution in [0.1, 0.15) is 19.3 Å². The van der Waals surface area contributed by atoms with E-state index in [1.54, 1.807) is 0 Å². The van der Waals surface area contributed by atoms with Crippen molar-refractivity contribution in [1.82, 2.24) is 10.2 Å². The van der Waals surface area contributed by atoms with Crippen molar-refractivity contribution >= 4 is 34.2 Å². The van der Waals surface area contributed by atoms with Crippen molar-refractivity contribution < 1.29 is 9.90 Å². The smallest absolute Gasteiger partial charge is 0.313 e. The molecule has 1 N–H and O–H groups in total. The molecule has 7 heteroatoms. The first-order chi connectivity index (χ1) is 7.75. The van der Waals surface area contributed by atoms with Crippen molar-refractivity contribution in [2.45, 2.75) is 23.6 Å². The maximum Gasteiger partial charge on any atom is 0.313 e. The molecule has 1 aromatic heterocycles. The first-order valence-electron chi connectivity index (χ1n) is 5.19. The van der Waals surface area contributed by atoms with E-state index in [4.69, 9.17) is 5.11 Å². The Kier molecular flexibility index (Phi) is 4.00. The highest BCUT2D eigenvalue weighted by Gasteiger charge is 2.15. The van der Waals surface area contributed by atoms with Gasteiger partial charge in [-0.05, 0) is 19.3 Å². The SMILES string of the molecule is O=C(O)CSc1nnc(N2CCCCC2)s1. The molecule has 0 bridgehead atoms. The number of thioether (sulfide) groups is 1. The predicted molar refractivity (Wildman–Crippen MR) is 64.3 cm³/mol. The van der Waals surface area contributed by atoms with Gasteiger partial charge in [-0.3, -0.25) is 4.79 Å². The highest BCUT2D eigenvalue weighted by atomic mass is 32.2. The number of carbonyl (C=O) groups is 1. The number of aliphatic carboxylic acids is 1. The summed E-state index contributed by atoms with van der Waals surface area (Å²) in [4.78, 5) is 12.6. The molecular weight excluding hydrogens is 246 g/mol. The van der Waals surface area contributed by atoms with Crippen LogP contribution in [0.15, 0.2) is 4.34 Å². The number of hydrogen-bond donors (Lipinski definition) is 1. The van der Waals surface area contributed by atoms with E-state index >= 15 is 0 Å². The highest BCUT2D eigenvalue weighted by Crippen LogP contribution is 2.29. The van der Waals surface area contributed by atoms with E-state index in [0.717, 1.165) is 22.6 Å². The Morgan fingerprint density at radius 1 is 1.38 bits per heavy atom. The Bertz CT molecular complexity index is 363. The molecule has 0 unspecified atom stereocenters. The number of carboxylic acids is 1. The average Bonchev–Trinajstić information content (AvgIpc) is 2.76. The molecule has 0 amide bonds. The number of piperidine rings is 1. The number of anilines is 1. The molecule has 0 saturated carbocycles. The van der Waals surface area contributed by atoms with Gasteiger partial charge < -0.3 is 10.0 Å². The molecule has 16 heavy (non-hydrogen) atoms. The van der Waals surface area contributed by atoms with Crippen LogP contribution >= 0.6 is 23.1 Å². The Balaban J connectivity index is 1.93. The number of carboxylic acid groups (broad SMARTS) is 1. The van der Waals surface area contributed by atoms with Gasteiger partial charge in [0.15, 0.2) is 4.34 Å². The fourth-order valence-electron chi connectivity index (χ4n) is 1.60. The third-order valence-electron chi connectivity index (χ3n) is 2.34. The molecule has 1 aliphatic rings. The molecule has 2 heterocycles. The standard InChI is InChI=1S/C9H13N3O2S2/c13-7(14)6-15-9-11-10-8(16-9)12-4-2-1-3-5-12/h1-6H2,(H,13,14). The highest BCUT2D eigenvalue weighted by molar-refractivity contribution is 8.01. The first-order valence-corrected chi connectivity index (χ1v) is 6.99. The Morgan fingerprint density at radius 3 is 2.81 bits per heavy atom. The number of hydrogen-bond acceptors (Lipinski definition) is 6. The zero-order valence-electron chi connectivity index (χ0n) is 8.76. The number of rotatable bonds is 4. The van der Waals surface area contributed by atoms with Crippen LogP contribution in [0.2, 0.25) is 0 Å². The molecule has 0 aromatic carbocycles. The summed E-state index contributed by atoms with van der Waals surface area (Å²) >= 11 is 2.72. The van der Waals surface area contributed by atoms with Crippen molar-refractivity contribution in [3.05, 3.63) is 0 Å². The lowest BCUT2D eigenvalue weighted by atomic mass is 10.1. The van der Waals surface area contributed by atoms with E-state index in [1.165, 1.54) is 42.4 Å². The maximum absolute atomic E-state index is 10.4. The van der Waals surface area contributed by atoms with Gasteiger partial charge in [0.1, 0.15) is 0 Å². The molecule has 1 saturated heterocycles. The second-order valence-electron chi connectivity index (χ2n) is 3.58. The van der Waals surface area contributed by atoms with Gasteiger partial charge >= 0.3 is 5.97 Å². The van der Waals surface area contributed by atoms with Crippen molar-refractivity contribution in [2.24, 2.45) is 0 Å². The van der Waals surface area contributed by atoms with Gasteiger partial charge in [-0.1, -0.05) is 23.1 Å². The minimum absolute atomic E-state index is 0.0502. The van der Waals surface area contributed by atoms with Crippen molar-refractivity contribution in [1.29, 1.82) is 0 Å². The van der Waals surface area contributed by atoms with Crippen molar-refractivity contribution in [3.8, 4) is 0 Å². The summed E-state index contributed by atoms with van der Waals surface area (Å²) < 4.78 is 0.739. The maximum atomic E-state index is 10.4. The average molecular weight is 259 g/mol. The van der Waals surface area contributed by atoms with Crippen molar-refractivity contribution in [3.63, 3.8) is 0 Å². The van der Waals surface area contributed by atoms with Gasteiger partial charge in [0.05, 0.1) is 5.75 Å². The molecule has 1 aliphatic heterocycles. The lowest BCUT2D eigenvalue weighted by Crippen LogP contribution is -2.29. The summed E-state index contributed by atoms with van der Waals surface area (Å²) in [6.45, 7) is 2.08. The second kappa shape index (κ2) is 5.49. The third-order valence-corrected chi connectivity index (χ3v) is 4.44. The van der Waals surface area contributed by atoms with Crippen LogP contribution in [-0.2, 0) is 4.79 Å². The molecular formula is C9H13N3O2S2. The normalized spacial score (nSPS) is 16.4. The lowest BCUT2D eigenvalue weighted by Gasteiger charge is -2.25. The molecule has 0 aliphatic carbocycles. The Labute approximate surface area is 102 Å². The van der Waals surface area contributed by atoms with Gasteiger partial charge in [-0.15, -0.1) is 10.2 Å². The quantitative estimate of drug-likeness (QED) is 0.830. The lowest BCUT2D eigenvalue weighted by molar-refractivity contribution is -0.133. The van der Waals surface area contributed by atoms with Crippen LogP contribution in [0.25, 0.3) is 0 Å². The molecule has 5 nitrogen and oxygen atoms in total. The zero-order chi connectivity index (χ0) is 11.4. The molecule has 0 atom stereocenters. The minimum atomic E-state index is -0.820. The van der Waals surface area contributed by atoms with Crippen LogP contribution in [0.3, 0.4) is 0 Å². The van der Waals surface area contributed by atoms with Gasteiger partial charge in [0.2, 0.25) is 5.13 Å². The van der Waals surface area contributed by atoms with E-state index in [1.807, 2.05) is 0 Å². The van der Waals surface area contributed by atoms with Crippen LogP contribution in [0.4, 0.5) is 5.13 Å². The van der Waals surface area contributed by atoms with Crippen LogP contribution in [0.5, 0.6) is 0 Å². The third kappa shape index (κ3) is 3.08. The monoisotopic (exact) mass is 259 g/mol. The van der Waals surface area contributed by atoms with Gasteiger partial charge in [0, 0.05) is 13.1 Å². The van der Waals surface area contributed by atoms with Gasteiger partial charge in [-0.25, -0.2) is 0 Å². The molecule has 0 radical (unpaired) electrons. The summed E-state index contributed by atoms with van der Waals surface area (Å²) in [5, 5.41) is 17.6. The zero-order valence-corrected chi connectivity index (χ0v) is 10.4. The van der Waals surface area contributed by atoms with Gasteiger partial charge in [-0.2, -0.15) is 0 Å². The molecule has 0 spiro atoms. The topological polar surface area (TPSA) is 66.3 Å². The van der Waals surface area contributed by atoms with E-state index in [-0.39, 0.29) is 5.75 Å². The largest absolute Gasteiger partial charge is 0.481 e. The summed E-state index contributed by atoms with van der Waals surface area (Å²) in [6, 6.07) is 0. The predicted octanol–water partition coefficient (Wildman–Crippen LogP) is 1.71. The van der Waals surface area contributed by atoms with Crippen molar-refractivity contribution in [2.75, 3.05) is 23.7 Å². The summed E-state index contributed by atoms with van der Waals surface area (Å²) in [5.74, 6) is -0.769. The van der Waals surface area contributed by atoms with Crippen LogP contribution in [0, 0.1) is 0 Å². The molecule has 1 aromatic rings. The van der Waals surface area contributed by atoms with Crippen LogP contribution < -0.4 is 4.90 Å². The van der Waals surface area contributed by atoms with E-state index in [0.29, 0.717) is 0 Å². The Morgan fingerprint density at radius 2 is 2.12 bits per heavy atom. The van der Waals surface area contributed by atoms with E-state index in [2.05, 4.69) is 15.1 Å². The van der Waals surface area contributed by atoms with Gasteiger partial charge in [0.25, 0.3) is 0 Å². The van der Waals surface area contributed by atoms with E-state index < -0.39 is 5.97 Å².